The van der Waals surface area contributed by atoms with Crippen molar-refractivity contribution >= 4 is 21.6 Å². The number of rotatable bonds is 1. The van der Waals surface area contributed by atoms with Gasteiger partial charge in [-0.05, 0) is 52.7 Å². The summed E-state index contributed by atoms with van der Waals surface area (Å²) in [4.78, 5) is 0. The molecule has 0 saturated heterocycles. The van der Waals surface area contributed by atoms with Crippen molar-refractivity contribution < 1.29 is 4.42 Å². The summed E-state index contributed by atoms with van der Waals surface area (Å²) >= 11 is 3.43. The van der Waals surface area contributed by atoms with Crippen LogP contribution >= 0.6 is 15.9 Å². The van der Waals surface area contributed by atoms with Gasteiger partial charge in [0.05, 0.1) is 10.7 Å². The van der Waals surface area contributed by atoms with Crippen LogP contribution in [0.5, 0.6) is 0 Å². The Bertz CT molecular complexity index is 462. The second-order valence-corrected chi connectivity index (χ2v) is 4.03. The van der Waals surface area contributed by atoms with E-state index in [1.54, 1.807) is 6.26 Å². The summed E-state index contributed by atoms with van der Waals surface area (Å²) in [7, 11) is 0. The van der Waals surface area contributed by atoms with E-state index in [1.165, 1.54) is 0 Å². The van der Waals surface area contributed by atoms with Crippen LogP contribution < -0.4 is 5.73 Å². The number of furan rings is 1. The fraction of sp³-hybridized carbons (Fsp3) is 0.0909. The molecular weight excluding hydrogens is 242 g/mol. The van der Waals surface area contributed by atoms with Crippen molar-refractivity contribution in [3.63, 3.8) is 0 Å². The van der Waals surface area contributed by atoms with Crippen LogP contribution in [0.4, 0.5) is 5.69 Å². The molecule has 0 amide bonds. The van der Waals surface area contributed by atoms with Gasteiger partial charge >= 0.3 is 0 Å². The Balaban J connectivity index is 2.58. The summed E-state index contributed by atoms with van der Waals surface area (Å²) in [6, 6.07) is 7.65. The predicted octanol–water partition coefficient (Wildman–Crippen LogP) is 3.60. The summed E-state index contributed by atoms with van der Waals surface area (Å²) in [6.45, 7) is 2.01. The maximum absolute atomic E-state index is 5.68. The molecule has 1 heterocycles. The SMILES string of the molecule is Cc1cc(N)ccc1-c1occc1Br. The number of hydrogen-bond donors (Lipinski definition) is 1. The number of hydrogen-bond acceptors (Lipinski definition) is 2. The first-order valence-electron chi connectivity index (χ1n) is 4.28. The predicted molar refractivity (Wildman–Crippen MR) is 61.0 cm³/mol. The highest BCUT2D eigenvalue weighted by Crippen LogP contribution is 2.32. The number of aryl methyl sites for hydroxylation is 1. The first kappa shape index (κ1) is 9.34. The molecule has 0 aliphatic rings. The van der Waals surface area contributed by atoms with Crippen LogP contribution in [0.1, 0.15) is 5.56 Å². The van der Waals surface area contributed by atoms with Gasteiger partial charge in [-0.25, -0.2) is 0 Å². The minimum absolute atomic E-state index is 0.772. The summed E-state index contributed by atoms with van der Waals surface area (Å²) < 4.78 is 6.35. The van der Waals surface area contributed by atoms with Gasteiger partial charge in [0.1, 0.15) is 5.76 Å². The Morgan fingerprint density at radius 1 is 1.29 bits per heavy atom. The first-order valence-corrected chi connectivity index (χ1v) is 5.07. The van der Waals surface area contributed by atoms with Crippen LogP contribution in [0.15, 0.2) is 39.4 Å². The number of nitrogen functional groups attached to an aromatic ring is 1. The molecule has 2 rings (SSSR count). The molecule has 0 aliphatic carbocycles. The lowest BCUT2D eigenvalue weighted by molar-refractivity contribution is 0.581. The van der Waals surface area contributed by atoms with Crippen LogP contribution in [-0.2, 0) is 0 Å². The smallest absolute Gasteiger partial charge is 0.148 e. The van der Waals surface area contributed by atoms with Gasteiger partial charge in [-0.1, -0.05) is 0 Å². The minimum Gasteiger partial charge on any atom is -0.463 e. The highest BCUT2D eigenvalue weighted by molar-refractivity contribution is 9.10. The van der Waals surface area contributed by atoms with Gasteiger partial charge in [0.2, 0.25) is 0 Å². The molecule has 2 nitrogen and oxygen atoms in total. The molecule has 0 bridgehead atoms. The third kappa shape index (κ3) is 1.55. The minimum atomic E-state index is 0.772. The monoisotopic (exact) mass is 251 g/mol. The molecule has 0 fully saturated rings. The summed E-state index contributed by atoms with van der Waals surface area (Å²) in [5.74, 6) is 0.850. The zero-order valence-corrected chi connectivity index (χ0v) is 9.34. The van der Waals surface area contributed by atoms with Gasteiger partial charge in [0.15, 0.2) is 0 Å². The quantitative estimate of drug-likeness (QED) is 0.787. The van der Waals surface area contributed by atoms with Gasteiger partial charge < -0.3 is 10.2 Å². The van der Waals surface area contributed by atoms with E-state index in [4.69, 9.17) is 10.2 Å². The zero-order valence-electron chi connectivity index (χ0n) is 7.75. The van der Waals surface area contributed by atoms with Crippen molar-refractivity contribution in [3.8, 4) is 11.3 Å². The van der Waals surface area contributed by atoms with Crippen molar-refractivity contribution in [3.05, 3.63) is 40.6 Å². The molecule has 72 valence electrons. The van der Waals surface area contributed by atoms with Gasteiger partial charge in [0.25, 0.3) is 0 Å². The second kappa shape index (κ2) is 3.50. The number of halogens is 1. The van der Waals surface area contributed by atoms with E-state index in [1.807, 2.05) is 31.2 Å². The summed E-state index contributed by atoms with van der Waals surface area (Å²) in [5, 5.41) is 0. The lowest BCUT2D eigenvalue weighted by Gasteiger charge is -2.04. The standard InChI is InChI=1S/C11H10BrNO/c1-7-6-8(13)2-3-9(7)11-10(12)4-5-14-11/h2-6H,13H2,1H3. The molecule has 14 heavy (non-hydrogen) atoms. The Morgan fingerprint density at radius 2 is 2.07 bits per heavy atom. The summed E-state index contributed by atoms with van der Waals surface area (Å²) in [5.41, 5.74) is 8.63. The van der Waals surface area contributed by atoms with E-state index >= 15 is 0 Å². The van der Waals surface area contributed by atoms with E-state index in [0.29, 0.717) is 0 Å². The normalized spacial score (nSPS) is 10.4. The molecular formula is C11H10BrNO. The average Bonchev–Trinajstić information content (AvgIpc) is 2.52. The number of anilines is 1. The van der Waals surface area contributed by atoms with Crippen molar-refractivity contribution in [1.29, 1.82) is 0 Å². The van der Waals surface area contributed by atoms with Gasteiger partial charge in [-0.15, -0.1) is 0 Å². The molecule has 2 aromatic rings. The van der Waals surface area contributed by atoms with Gasteiger partial charge in [0, 0.05) is 11.3 Å². The average molecular weight is 252 g/mol. The van der Waals surface area contributed by atoms with E-state index in [9.17, 15) is 0 Å². The maximum Gasteiger partial charge on any atom is 0.148 e. The number of nitrogens with two attached hydrogens (primary N) is 1. The zero-order chi connectivity index (χ0) is 10.1. The van der Waals surface area contributed by atoms with Gasteiger partial charge in [-0.2, -0.15) is 0 Å². The Hall–Kier alpha value is -1.22. The second-order valence-electron chi connectivity index (χ2n) is 3.17. The largest absolute Gasteiger partial charge is 0.463 e. The molecule has 1 aromatic carbocycles. The fourth-order valence-electron chi connectivity index (χ4n) is 1.43. The van der Waals surface area contributed by atoms with Crippen LogP contribution in [0, 0.1) is 6.92 Å². The molecule has 0 unspecified atom stereocenters. The molecule has 0 atom stereocenters. The van der Waals surface area contributed by atoms with Crippen molar-refractivity contribution in [1.82, 2.24) is 0 Å². The van der Waals surface area contributed by atoms with E-state index in [0.717, 1.165) is 27.0 Å². The molecule has 0 aliphatic heterocycles. The van der Waals surface area contributed by atoms with Gasteiger partial charge in [-0.3, -0.25) is 0 Å². The molecule has 3 heteroatoms. The summed E-state index contributed by atoms with van der Waals surface area (Å²) in [6.07, 6.45) is 1.66. The number of benzene rings is 1. The highest BCUT2D eigenvalue weighted by atomic mass is 79.9. The topological polar surface area (TPSA) is 39.2 Å². The lowest BCUT2D eigenvalue weighted by atomic mass is 10.1. The fourth-order valence-corrected chi connectivity index (χ4v) is 1.84. The van der Waals surface area contributed by atoms with Crippen LogP contribution in [-0.4, -0.2) is 0 Å². The Morgan fingerprint density at radius 3 is 2.64 bits per heavy atom. The highest BCUT2D eigenvalue weighted by Gasteiger charge is 2.08. The van der Waals surface area contributed by atoms with Crippen LogP contribution in [0.3, 0.4) is 0 Å². The van der Waals surface area contributed by atoms with Crippen molar-refractivity contribution in [2.45, 2.75) is 6.92 Å². The van der Waals surface area contributed by atoms with E-state index in [-0.39, 0.29) is 0 Å². The molecule has 2 N–H and O–H groups in total. The molecule has 0 spiro atoms. The molecule has 0 saturated carbocycles. The third-order valence-electron chi connectivity index (χ3n) is 2.11. The maximum atomic E-state index is 5.68. The van der Waals surface area contributed by atoms with Crippen molar-refractivity contribution in [2.75, 3.05) is 5.73 Å². The Kier molecular flexibility index (Phi) is 2.33. The molecule has 1 aromatic heterocycles. The Labute approximate surface area is 90.9 Å². The third-order valence-corrected chi connectivity index (χ3v) is 2.74. The molecule has 0 radical (unpaired) electrons. The van der Waals surface area contributed by atoms with E-state index < -0.39 is 0 Å². The van der Waals surface area contributed by atoms with Crippen LogP contribution in [0.25, 0.3) is 11.3 Å². The lowest BCUT2D eigenvalue weighted by Crippen LogP contribution is -1.87. The van der Waals surface area contributed by atoms with Crippen molar-refractivity contribution in [2.24, 2.45) is 0 Å². The first-order chi connectivity index (χ1) is 6.68. The van der Waals surface area contributed by atoms with E-state index in [2.05, 4.69) is 15.9 Å². The van der Waals surface area contributed by atoms with Crippen LogP contribution in [0.2, 0.25) is 0 Å².